The molecule has 0 aliphatic heterocycles. The smallest absolute Gasteiger partial charge is 0.195 e. The standard InChI is InChI=1S/C14H15NOS/c1-9-14(16)17-13(15-9)12-7-6-10-4-2-3-5-11(10)8-12/h6-8,16H,2-5H2,1H3. The number of fused-ring (bicyclic) bond motifs is 1. The maximum absolute atomic E-state index is 9.60. The molecule has 3 heteroatoms. The molecule has 0 atom stereocenters. The first kappa shape index (κ1) is 10.8. The molecular weight excluding hydrogens is 230 g/mol. The van der Waals surface area contributed by atoms with Crippen molar-refractivity contribution < 1.29 is 5.11 Å². The third-order valence-corrected chi connectivity index (χ3v) is 4.38. The lowest BCUT2D eigenvalue weighted by Crippen LogP contribution is -2.02. The molecule has 1 heterocycles. The first-order valence-corrected chi connectivity index (χ1v) is 6.84. The van der Waals surface area contributed by atoms with E-state index in [1.807, 2.05) is 6.92 Å². The Bertz CT molecular complexity index is 540. The van der Waals surface area contributed by atoms with Gasteiger partial charge in [-0.15, -0.1) is 0 Å². The fourth-order valence-corrected chi connectivity index (χ4v) is 3.18. The van der Waals surface area contributed by atoms with Gasteiger partial charge in [-0.25, -0.2) is 4.98 Å². The Morgan fingerprint density at radius 3 is 2.65 bits per heavy atom. The summed E-state index contributed by atoms with van der Waals surface area (Å²) >= 11 is 1.36. The van der Waals surface area contributed by atoms with Gasteiger partial charge in [-0.05, 0) is 49.8 Å². The van der Waals surface area contributed by atoms with E-state index in [-0.39, 0.29) is 0 Å². The fourth-order valence-electron chi connectivity index (χ4n) is 2.38. The van der Waals surface area contributed by atoms with E-state index < -0.39 is 0 Å². The predicted octanol–water partition coefficient (Wildman–Crippen LogP) is 3.70. The van der Waals surface area contributed by atoms with Crippen LogP contribution in [0.3, 0.4) is 0 Å². The lowest BCUT2D eigenvalue weighted by Gasteiger charge is -2.15. The van der Waals surface area contributed by atoms with Crippen molar-refractivity contribution in [2.75, 3.05) is 0 Å². The van der Waals surface area contributed by atoms with Crippen LogP contribution >= 0.6 is 11.3 Å². The Labute approximate surface area is 105 Å². The molecule has 1 aromatic carbocycles. The van der Waals surface area contributed by atoms with E-state index >= 15 is 0 Å². The number of hydrogen-bond acceptors (Lipinski definition) is 3. The van der Waals surface area contributed by atoms with Crippen molar-refractivity contribution in [3.63, 3.8) is 0 Å². The predicted molar refractivity (Wildman–Crippen MR) is 70.6 cm³/mol. The molecule has 0 unspecified atom stereocenters. The zero-order chi connectivity index (χ0) is 11.8. The number of nitrogens with zero attached hydrogens (tertiary/aromatic N) is 1. The Morgan fingerprint density at radius 1 is 1.18 bits per heavy atom. The van der Waals surface area contributed by atoms with Crippen molar-refractivity contribution in [2.45, 2.75) is 32.6 Å². The minimum atomic E-state index is 0.331. The van der Waals surface area contributed by atoms with Crippen LogP contribution in [0.5, 0.6) is 5.06 Å². The Balaban J connectivity index is 2.03. The summed E-state index contributed by atoms with van der Waals surface area (Å²) < 4.78 is 0. The van der Waals surface area contributed by atoms with Crippen LogP contribution in [-0.4, -0.2) is 10.1 Å². The third-order valence-electron chi connectivity index (χ3n) is 3.37. The van der Waals surface area contributed by atoms with Crippen LogP contribution < -0.4 is 0 Å². The topological polar surface area (TPSA) is 33.1 Å². The normalized spacial score (nSPS) is 14.6. The summed E-state index contributed by atoms with van der Waals surface area (Å²) in [5.41, 5.74) is 4.81. The van der Waals surface area contributed by atoms with Crippen LogP contribution in [0, 0.1) is 6.92 Å². The highest BCUT2D eigenvalue weighted by molar-refractivity contribution is 7.16. The van der Waals surface area contributed by atoms with Gasteiger partial charge < -0.3 is 5.11 Å². The Hall–Kier alpha value is -1.35. The molecule has 2 aromatic rings. The van der Waals surface area contributed by atoms with Crippen LogP contribution in [0.25, 0.3) is 10.6 Å². The average molecular weight is 245 g/mol. The van der Waals surface area contributed by atoms with Crippen molar-refractivity contribution in [2.24, 2.45) is 0 Å². The van der Waals surface area contributed by atoms with Gasteiger partial charge in [0.15, 0.2) is 5.06 Å². The lowest BCUT2D eigenvalue weighted by atomic mass is 9.90. The van der Waals surface area contributed by atoms with Crippen molar-refractivity contribution >= 4 is 11.3 Å². The zero-order valence-corrected chi connectivity index (χ0v) is 10.7. The molecule has 3 rings (SSSR count). The number of hydrogen-bond donors (Lipinski definition) is 1. The van der Waals surface area contributed by atoms with E-state index in [0.717, 1.165) is 16.3 Å². The molecule has 1 aliphatic carbocycles. The van der Waals surface area contributed by atoms with E-state index in [9.17, 15) is 5.11 Å². The molecule has 2 nitrogen and oxygen atoms in total. The second-order valence-corrected chi connectivity index (χ2v) is 5.58. The van der Waals surface area contributed by atoms with Crippen LogP contribution in [-0.2, 0) is 12.8 Å². The number of benzene rings is 1. The molecule has 0 fully saturated rings. The zero-order valence-electron chi connectivity index (χ0n) is 9.86. The summed E-state index contributed by atoms with van der Waals surface area (Å²) in [6.07, 6.45) is 4.99. The molecule has 1 aliphatic rings. The number of aryl methyl sites for hydroxylation is 3. The minimum Gasteiger partial charge on any atom is -0.498 e. The Kier molecular flexibility index (Phi) is 2.63. The average Bonchev–Trinajstić information content (AvgIpc) is 2.69. The molecular formula is C14H15NOS. The summed E-state index contributed by atoms with van der Waals surface area (Å²) in [6.45, 7) is 1.84. The summed E-state index contributed by atoms with van der Waals surface area (Å²) in [6, 6.07) is 6.59. The van der Waals surface area contributed by atoms with E-state index in [1.165, 1.54) is 48.1 Å². The van der Waals surface area contributed by atoms with Gasteiger partial charge in [-0.3, -0.25) is 0 Å². The van der Waals surface area contributed by atoms with Gasteiger partial charge >= 0.3 is 0 Å². The number of aromatic hydroxyl groups is 1. The summed E-state index contributed by atoms with van der Waals surface area (Å²) in [5.74, 6) is 0. The van der Waals surface area contributed by atoms with Crippen LogP contribution in [0.2, 0.25) is 0 Å². The van der Waals surface area contributed by atoms with E-state index in [4.69, 9.17) is 0 Å². The van der Waals surface area contributed by atoms with Crippen molar-refractivity contribution in [1.82, 2.24) is 4.98 Å². The molecule has 0 spiro atoms. The summed E-state index contributed by atoms with van der Waals surface area (Å²) in [4.78, 5) is 4.40. The maximum atomic E-state index is 9.60. The molecule has 0 radical (unpaired) electrons. The number of thiazole rings is 1. The fraction of sp³-hybridized carbons (Fsp3) is 0.357. The molecule has 17 heavy (non-hydrogen) atoms. The lowest BCUT2D eigenvalue weighted by molar-refractivity contribution is 0.485. The van der Waals surface area contributed by atoms with Crippen molar-refractivity contribution in [3.05, 3.63) is 35.0 Å². The van der Waals surface area contributed by atoms with E-state index in [1.54, 1.807) is 0 Å². The second-order valence-electron chi connectivity index (χ2n) is 4.60. The highest BCUT2D eigenvalue weighted by Gasteiger charge is 2.13. The SMILES string of the molecule is Cc1nc(-c2ccc3c(c2)CCCC3)sc1O. The monoisotopic (exact) mass is 245 g/mol. The Morgan fingerprint density at radius 2 is 1.94 bits per heavy atom. The number of rotatable bonds is 1. The summed E-state index contributed by atoms with van der Waals surface area (Å²) in [5, 5.41) is 10.9. The molecule has 1 aromatic heterocycles. The van der Waals surface area contributed by atoms with Gasteiger partial charge in [0.2, 0.25) is 0 Å². The number of aromatic nitrogens is 1. The van der Waals surface area contributed by atoms with Crippen LogP contribution in [0.1, 0.15) is 29.7 Å². The first-order chi connectivity index (χ1) is 8.24. The minimum absolute atomic E-state index is 0.331. The van der Waals surface area contributed by atoms with Crippen molar-refractivity contribution in [1.29, 1.82) is 0 Å². The van der Waals surface area contributed by atoms with Gasteiger partial charge in [-0.2, -0.15) is 0 Å². The van der Waals surface area contributed by atoms with Crippen LogP contribution in [0.4, 0.5) is 0 Å². The first-order valence-electron chi connectivity index (χ1n) is 6.02. The van der Waals surface area contributed by atoms with Gasteiger partial charge in [0.05, 0.1) is 5.69 Å². The molecule has 0 saturated heterocycles. The highest BCUT2D eigenvalue weighted by Crippen LogP contribution is 2.34. The largest absolute Gasteiger partial charge is 0.498 e. The molecule has 0 amide bonds. The summed E-state index contributed by atoms with van der Waals surface area (Å²) in [7, 11) is 0. The molecule has 0 bridgehead atoms. The molecule has 0 saturated carbocycles. The third kappa shape index (κ3) is 1.95. The van der Waals surface area contributed by atoms with Gasteiger partial charge in [-0.1, -0.05) is 23.5 Å². The van der Waals surface area contributed by atoms with Gasteiger partial charge in [0.1, 0.15) is 5.01 Å². The maximum Gasteiger partial charge on any atom is 0.195 e. The van der Waals surface area contributed by atoms with Crippen LogP contribution in [0.15, 0.2) is 18.2 Å². The second kappa shape index (κ2) is 4.15. The van der Waals surface area contributed by atoms with Gasteiger partial charge in [0.25, 0.3) is 0 Å². The molecule has 1 N–H and O–H groups in total. The van der Waals surface area contributed by atoms with Crippen molar-refractivity contribution in [3.8, 4) is 15.6 Å². The van der Waals surface area contributed by atoms with E-state index in [0.29, 0.717) is 5.06 Å². The quantitative estimate of drug-likeness (QED) is 0.831. The van der Waals surface area contributed by atoms with E-state index in [2.05, 4.69) is 23.2 Å². The highest BCUT2D eigenvalue weighted by atomic mass is 32.1. The van der Waals surface area contributed by atoms with Gasteiger partial charge in [0, 0.05) is 5.56 Å². The molecule has 88 valence electrons.